The largest absolute Gasteiger partial charge is 0.452 e. The number of carbonyl (C=O) groups is 1. The Morgan fingerprint density at radius 1 is 1.14 bits per heavy atom. The van der Waals surface area contributed by atoms with Crippen LogP contribution in [0.3, 0.4) is 0 Å². The lowest BCUT2D eigenvalue weighted by atomic mass is 10.1. The van der Waals surface area contributed by atoms with Crippen LogP contribution in [-0.2, 0) is 0 Å². The van der Waals surface area contributed by atoms with E-state index in [-0.39, 0.29) is 11.3 Å². The summed E-state index contributed by atoms with van der Waals surface area (Å²) in [6, 6.07) is 7.93. The van der Waals surface area contributed by atoms with Gasteiger partial charge in [0.25, 0.3) is 0 Å². The summed E-state index contributed by atoms with van der Waals surface area (Å²) < 4.78 is 33.2. The molecule has 0 saturated heterocycles. The number of benzene rings is 2. The first kappa shape index (κ1) is 13.9. The maximum absolute atomic E-state index is 13.7. The SMILES string of the molecule is Cc1cc(Br)cc2cc(C(=O)c3cc(F)ccc3F)oc12. The highest BCUT2D eigenvalue weighted by Gasteiger charge is 2.19. The average molecular weight is 351 g/mol. The number of rotatable bonds is 2. The average Bonchev–Trinajstić information content (AvgIpc) is 2.85. The van der Waals surface area contributed by atoms with Crippen molar-refractivity contribution in [3.05, 3.63) is 69.4 Å². The molecule has 3 rings (SSSR count). The summed E-state index contributed by atoms with van der Waals surface area (Å²) in [4.78, 5) is 12.3. The summed E-state index contributed by atoms with van der Waals surface area (Å²) in [6.45, 7) is 1.84. The molecule has 0 aliphatic rings. The second-order valence-corrected chi connectivity index (χ2v) is 5.62. The summed E-state index contributed by atoms with van der Waals surface area (Å²) >= 11 is 3.36. The van der Waals surface area contributed by atoms with Crippen LogP contribution >= 0.6 is 15.9 Å². The first-order valence-corrected chi connectivity index (χ1v) is 6.94. The molecular formula is C16H9BrF2O2. The Morgan fingerprint density at radius 3 is 2.67 bits per heavy atom. The Balaban J connectivity index is 2.14. The van der Waals surface area contributed by atoms with Crippen molar-refractivity contribution in [2.75, 3.05) is 0 Å². The van der Waals surface area contributed by atoms with Gasteiger partial charge in [0.05, 0.1) is 5.56 Å². The molecule has 1 aromatic heterocycles. The van der Waals surface area contributed by atoms with Crippen LogP contribution in [0.1, 0.15) is 21.7 Å². The van der Waals surface area contributed by atoms with E-state index < -0.39 is 17.4 Å². The van der Waals surface area contributed by atoms with Crippen LogP contribution in [0.15, 0.2) is 45.3 Å². The third kappa shape index (κ3) is 2.49. The van der Waals surface area contributed by atoms with Gasteiger partial charge in [-0.3, -0.25) is 4.79 Å². The Bertz CT molecular complexity index is 868. The van der Waals surface area contributed by atoms with E-state index in [1.807, 2.05) is 13.0 Å². The van der Waals surface area contributed by atoms with E-state index >= 15 is 0 Å². The van der Waals surface area contributed by atoms with Crippen LogP contribution in [0.2, 0.25) is 0 Å². The van der Waals surface area contributed by atoms with E-state index in [1.54, 1.807) is 6.07 Å². The predicted molar refractivity (Wildman–Crippen MR) is 78.4 cm³/mol. The molecule has 2 aromatic carbocycles. The summed E-state index contributed by atoms with van der Waals surface area (Å²) in [5.74, 6) is -2.15. The molecule has 0 amide bonds. The zero-order valence-electron chi connectivity index (χ0n) is 10.9. The molecule has 0 radical (unpaired) electrons. The van der Waals surface area contributed by atoms with Crippen molar-refractivity contribution in [2.45, 2.75) is 6.92 Å². The fraction of sp³-hybridized carbons (Fsp3) is 0.0625. The molecule has 0 saturated carbocycles. The Morgan fingerprint density at radius 2 is 1.90 bits per heavy atom. The molecule has 0 fully saturated rings. The van der Waals surface area contributed by atoms with Gasteiger partial charge in [0.2, 0.25) is 5.78 Å². The maximum atomic E-state index is 13.7. The third-order valence-electron chi connectivity index (χ3n) is 3.16. The molecule has 106 valence electrons. The molecule has 3 aromatic rings. The minimum atomic E-state index is -0.778. The lowest BCUT2D eigenvalue weighted by Crippen LogP contribution is -2.03. The van der Waals surface area contributed by atoms with Gasteiger partial charge < -0.3 is 4.42 Å². The minimum absolute atomic E-state index is 0.0179. The second kappa shape index (κ2) is 5.07. The van der Waals surface area contributed by atoms with Crippen LogP contribution < -0.4 is 0 Å². The number of ketones is 1. The standard InChI is InChI=1S/C16H9BrF2O2/c1-8-4-10(17)5-9-6-14(21-16(8)9)15(20)12-7-11(18)2-3-13(12)19/h2-7H,1H3. The van der Waals surface area contributed by atoms with Crippen LogP contribution in [0.4, 0.5) is 8.78 Å². The van der Waals surface area contributed by atoms with Gasteiger partial charge in [-0.1, -0.05) is 15.9 Å². The molecule has 2 nitrogen and oxygen atoms in total. The van der Waals surface area contributed by atoms with Crippen molar-refractivity contribution < 1.29 is 18.0 Å². The summed E-state index contributed by atoms with van der Waals surface area (Å²) in [5.41, 5.74) is 1.06. The van der Waals surface area contributed by atoms with Gasteiger partial charge in [-0.05, 0) is 48.9 Å². The number of hydrogen-bond acceptors (Lipinski definition) is 2. The smallest absolute Gasteiger partial charge is 0.231 e. The highest BCUT2D eigenvalue weighted by molar-refractivity contribution is 9.10. The minimum Gasteiger partial charge on any atom is -0.452 e. The number of hydrogen-bond donors (Lipinski definition) is 0. The van der Waals surface area contributed by atoms with Gasteiger partial charge in [-0.2, -0.15) is 0 Å². The van der Waals surface area contributed by atoms with E-state index in [4.69, 9.17) is 4.42 Å². The van der Waals surface area contributed by atoms with E-state index in [0.717, 1.165) is 33.6 Å². The Labute approximate surface area is 127 Å². The lowest BCUT2D eigenvalue weighted by molar-refractivity contribution is 0.101. The topological polar surface area (TPSA) is 30.2 Å². The highest BCUT2D eigenvalue weighted by Crippen LogP contribution is 2.28. The van der Waals surface area contributed by atoms with Crippen LogP contribution in [0, 0.1) is 18.6 Å². The lowest BCUT2D eigenvalue weighted by Gasteiger charge is -2.00. The predicted octanol–water partition coefficient (Wildman–Crippen LogP) is 5.01. The van der Waals surface area contributed by atoms with Crippen LogP contribution in [0.5, 0.6) is 0 Å². The van der Waals surface area contributed by atoms with Crippen LogP contribution in [0.25, 0.3) is 11.0 Å². The fourth-order valence-electron chi connectivity index (χ4n) is 2.20. The molecule has 0 N–H and O–H groups in total. The summed E-state index contributed by atoms with van der Waals surface area (Å²) in [5, 5.41) is 0.724. The molecule has 0 aliphatic heterocycles. The molecule has 5 heteroatoms. The first-order chi connectivity index (χ1) is 9.95. The van der Waals surface area contributed by atoms with Gasteiger partial charge in [0, 0.05) is 9.86 Å². The number of aryl methyl sites for hydroxylation is 1. The Kier molecular flexibility index (Phi) is 3.37. The quantitative estimate of drug-likeness (QED) is 0.608. The number of halogens is 3. The van der Waals surface area contributed by atoms with Crippen molar-refractivity contribution >= 4 is 32.7 Å². The Hall–Kier alpha value is -2.01. The molecule has 0 aliphatic carbocycles. The molecule has 0 spiro atoms. The van der Waals surface area contributed by atoms with Crippen molar-refractivity contribution in [1.82, 2.24) is 0 Å². The van der Waals surface area contributed by atoms with E-state index in [1.165, 1.54) is 6.07 Å². The van der Waals surface area contributed by atoms with Gasteiger partial charge in [0.1, 0.15) is 17.2 Å². The van der Waals surface area contributed by atoms with Gasteiger partial charge in [0.15, 0.2) is 5.76 Å². The molecular weight excluding hydrogens is 342 g/mol. The summed E-state index contributed by atoms with van der Waals surface area (Å²) in [6.07, 6.45) is 0. The molecule has 0 unspecified atom stereocenters. The molecule has 0 atom stereocenters. The fourth-order valence-corrected chi connectivity index (χ4v) is 2.79. The number of carbonyl (C=O) groups excluding carboxylic acids is 1. The zero-order chi connectivity index (χ0) is 15.1. The number of furan rings is 1. The molecule has 1 heterocycles. The van der Waals surface area contributed by atoms with Gasteiger partial charge >= 0.3 is 0 Å². The zero-order valence-corrected chi connectivity index (χ0v) is 12.5. The highest BCUT2D eigenvalue weighted by atomic mass is 79.9. The molecule has 21 heavy (non-hydrogen) atoms. The van der Waals surface area contributed by atoms with Crippen LogP contribution in [-0.4, -0.2) is 5.78 Å². The number of fused-ring (bicyclic) bond motifs is 1. The van der Waals surface area contributed by atoms with Crippen molar-refractivity contribution in [1.29, 1.82) is 0 Å². The third-order valence-corrected chi connectivity index (χ3v) is 3.62. The molecule has 0 bridgehead atoms. The van der Waals surface area contributed by atoms with Gasteiger partial charge in [-0.15, -0.1) is 0 Å². The monoisotopic (exact) mass is 350 g/mol. The first-order valence-electron chi connectivity index (χ1n) is 6.15. The van der Waals surface area contributed by atoms with E-state index in [2.05, 4.69) is 15.9 Å². The second-order valence-electron chi connectivity index (χ2n) is 4.70. The van der Waals surface area contributed by atoms with E-state index in [0.29, 0.717) is 5.58 Å². The van der Waals surface area contributed by atoms with Gasteiger partial charge in [-0.25, -0.2) is 8.78 Å². The van der Waals surface area contributed by atoms with Crippen molar-refractivity contribution in [3.63, 3.8) is 0 Å². The van der Waals surface area contributed by atoms with E-state index in [9.17, 15) is 13.6 Å². The summed E-state index contributed by atoms with van der Waals surface area (Å²) in [7, 11) is 0. The maximum Gasteiger partial charge on any atom is 0.231 e. The van der Waals surface area contributed by atoms with Crippen molar-refractivity contribution in [2.24, 2.45) is 0 Å². The van der Waals surface area contributed by atoms with Crippen molar-refractivity contribution in [3.8, 4) is 0 Å². The normalized spacial score (nSPS) is 11.0.